The molecule has 2 aromatic rings. The van der Waals surface area contributed by atoms with Gasteiger partial charge in [-0.15, -0.1) is 11.6 Å². The van der Waals surface area contributed by atoms with E-state index in [2.05, 4.69) is 0 Å². The fraction of sp³-hybridized carbons (Fsp3) is 0.333. The van der Waals surface area contributed by atoms with Crippen LogP contribution in [0.1, 0.15) is 17.5 Å². The van der Waals surface area contributed by atoms with Crippen molar-refractivity contribution in [2.75, 3.05) is 0 Å². The van der Waals surface area contributed by atoms with E-state index in [4.69, 9.17) is 21.1 Å². The summed E-state index contributed by atoms with van der Waals surface area (Å²) in [5.74, 6) is 0. The molecular formula is C21H23ClO3. The van der Waals surface area contributed by atoms with E-state index in [1.807, 2.05) is 72.8 Å². The summed E-state index contributed by atoms with van der Waals surface area (Å²) in [5.41, 5.74) is 2.14. The van der Waals surface area contributed by atoms with Gasteiger partial charge in [0.25, 0.3) is 0 Å². The number of aliphatic hydroxyl groups excluding tert-OH is 1. The zero-order valence-electron chi connectivity index (χ0n) is 14.0. The fourth-order valence-corrected chi connectivity index (χ4v) is 3.27. The minimum absolute atomic E-state index is 0.306. The van der Waals surface area contributed by atoms with Crippen LogP contribution in [0.2, 0.25) is 0 Å². The average Bonchev–Trinajstić information content (AvgIpc) is 2.78. The molecule has 0 aromatic heterocycles. The Hall–Kier alpha value is -1.65. The topological polar surface area (TPSA) is 38.7 Å². The normalized spacial score (nSPS) is 26.3. The second-order valence-electron chi connectivity index (χ2n) is 6.20. The number of hydrogen-bond donors (Lipinski definition) is 1. The maximum Gasteiger partial charge on any atom is 0.103 e. The maximum absolute atomic E-state index is 10.4. The molecule has 132 valence electrons. The van der Waals surface area contributed by atoms with Crippen LogP contribution < -0.4 is 0 Å². The number of rotatable bonds is 6. The van der Waals surface area contributed by atoms with Crippen molar-refractivity contribution in [1.82, 2.24) is 0 Å². The van der Waals surface area contributed by atoms with Crippen LogP contribution in [0, 0.1) is 0 Å². The van der Waals surface area contributed by atoms with Crippen molar-refractivity contribution in [3.05, 3.63) is 83.9 Å². The van der Waals surface area contributed by atoms with Crippen LogP contribution in [0.15, 0.2) is 72.8 Å². The molecule has 0 heterocycles. The Morgan fingerprint density at radius 2 is 1.44 bits per heavy atom. The molecule has 3 nitrogen and oxygen atoms in total. The van der Waals surface area contributed by atoms with Gasteiger partial charge in [0, 0.05) is 0 Å². The largest absolute Gasteiger partial charge is 0.390 e. The monoisotopic (exact) mass is 358 g/mol. The number of alkyl halides is 1. The van der Waals surface area contributed by atoms with Gasteiger partial charge in [-0.1, -0.05) is 72.8 Å². The zero-order valence-corrected chi connectivity index (χ0v) is 14.8. The minimum atomic E-state index is -0.646. The van der Waals surface area contributed by atoms with Crippen LogP contribution in [-0.2, 0) is 22.7 Å². The van der Waals surface area contributed by atoms with Crippen LogP contribution >= 0.6 is 11.6 Å². The van der Waals surface area contributed by atoms with Crippen LogP contribution in [0.4, 0.5) is 0 Å². The van der Waals surface area contributed by atoms with Crippen LogP contribution in [-0.4, -0.2) is 28.8 Å². The third kappa shape index (κ3) is 5.16. The van der Waals surface area contributed by atoms with Gasteiger partial charge < -0.3 is 14.6 Å². The van der Waals surface area contributed by atoms with Gasteiger partial charge in [-0.2, -0.15) is 0 Å². The van der Waals surface area contributed by atoms with Crippen molar-refractivity contribution in [2.24, 2.45) is 0 Å². The molecular weight excluding hydrogens is 336 g/mol. The van der Waals surface area contributed by atoms with Crippen molar-refractivity contribution >= 4 is 11.6 Å². The third-order valence-electron chi connectivity index (χ3n) is 4.28. The predicted molar refractivity (Wildman–Crippen MR) is 99.4 cm³/mol. The maximum atomic E-state index is 10.4. The first kappa shape index (κ1) is 18.2. The van der Waals surface area contributed by atoms with Crippen molar-refractivity contribution < 1.29 is 14.6 Å². The molecule has 0 amide bonds. The van der Waals surface area contributed by atoms with Crippen molar-refractivity contribution in [1.29, 1.82) is 0 Å². The van der Waals surface area contributed by atoms with Crippen molar-refractivity contribution in [2.45, 2.75) is 43.3 Å². The Morgan fingerprint density at radius 3 is 2.04 bits per heavy atom. The molecule has 0 spiro atoms. The van der Waals surface area contributed by atoms with Gasteiger partial charge in [-0.05, 0) is 17.5 Å². The van der Waals surface area contributed by atoms with E-state index in [1.54, 1.807) is 0 Å². The molecule has 3 rings (SSSR count). The van der Waals surface area contributed by atoms with E-state index in [0.717, 1.165) is 11.1 Å². The molecule has 0 fully saturated rings. The number of benzene rings is 2. The minimum Gasteiger partial charge on any atom is -0.390 e. The molecule has 4 atom stereocenters. The summed E-state index contributed by atoms with van der Waals surface area (Å²) in [4.78, 5) is 0. The smallest absolute Gasteiger partial charge is 0.103 e. The molecule has 1 aliphatic rings. The lowest BCUT2D eigenvalue weighted by molar-refractivity contribution is -0.0649. The third-order valence-corrected chi connectivity index (χ3v) is 4.78. The first-order chi connectivity index (χ1) is 12.2. The number of ether oxygens (including phenoxy) is 2. The fourth-order valence-electron chi connectivity index (χ4n) is 2.88. The highest BCUT2D eigenvalue weighted by Gasteiger charge is 2.34. The summed E-state index contributed by atoms with van der Waals surface area (Å²) >= 11 is 6.62. The number of aliphatic hydroxyl groups is 1. The molecule has 4 heteroatoms. The van der Waals surface area contributed by atoms with Gasteiger partial charge in [-0.3, -0.25) is 0 Å². The van der Waals surface area contributed by atoms with E-state index in [-0.39, 0.29) is 6.10 Å². The Morgan fingerprint density at radius 1 is 0.880 bits per heavy atom. The van der Waals surface area contributed by atoms with Crippen LogP contribution in [0.3, 0.4) is 0 Å². The van der Waals surface area contributed by atoms with Crippen molar-refractivity contribution in [3.8, 4) is 0 Å². The number of halogens is 1. The molecule has 1 N–H and O–H groups in total. The second-order valence-corrected chi connectivity index (χ2v) is 6.70. The second kappa shape index (κ2) is 9.16. The summed E-state index contributed by atoms with van der Waals surface area (Å²) in [7, 11) is 0. The molecule has 2 aromatic carbocycles. The highest BCUT2D eigenvalue weighted by atomic mass is 35.5. The highest BCUT2D eigenvalue weighted by Crippen LogP contribution is 2.25. The number of hydrogen-bond acceptors (Lipinski definition) is 3. The summed E-state index contributed by atoms with van der Waals surface area (Å²) in [6.07, 6.45) is 2.91. The molecule has 0 saturated heterocycles. The standard InChI is InChI=1S/C21H23ClO3/c22-20-19(24-14-16-8-3-1-4-9-16)13-7-12-18(23)21(20)25-15-17-10-5-2-6-11-17/h1-11,13,18-21,23H,12,14-15H2/t18-,19-,20+,21-/m1/s1. The first-order valence-electron chi connectivity index (χ1n) is 8.54. The van der Waals surface area contributed by atoms with E-state index < -0.39 is 17.6 Å². The van der Waals surface area contributed by atoms with Gasteiger partial charge >= 0.3 is 0 Å². The Kier molecular flexibility index (Phi) is 6.65. The van der Waals surface area contributed by atoms with E-state index in [0.29, 0.717) is 19.6 Å². The molecule has 25 heavy (non-hydrogen) atoms. The molecule has 0 saturated carbocycles. The van der Waals surface area contributed by atoms with Crippen LogP contribution in [0.5, 0.6) is 0 Å². The van der Waals surface area contributed by atoms with Crippen LogP contribution in [0.25, 0.3) is 0 Å². The van der Waals surface area contributed by atoms with Gasteiger partial charge in [0.05, 0.1) is 30.8 Å². The summed E-state index contributed by atoms with van der Waals surface area (Å²) in [5, 5.41) is 9.93. The molecule has 0 unspecified atom stereocenters. The van der Waals surface area contributed by atoms with Gasteiger partial charge in [0.1, 0.15) is 6.10 Å². The molecule has 0 aliphatic heterocycles. The van der Waals surface area contributed by atoms with Gasteiger partial charge in [-0.25, -0.2) is 0 Å². The van der Waals surface area contributed by atoms with E-state index >= 15 is 0 Å². The van der Waals surface area contributed by atoms with Crippen molar-refractivity contribution in [3.63, 3.8) is 0 Å². The van der Waals surface area contributed by atoms with E-state index in [9.17, 15) is 5.11 Å². The molecule has 0 radical (unpaired) electrons. The predicted octanol–water partition coefficient (Wildman–Crippen LogP) is 4.09. The Labute approximate surface area is 153 Å². The lowest BCUT2D eigenvalue weighted by Crippen LogP contribution is -2.41. The summed E-state index contributed by atoms with van der Waals surface area (Å²) in [6.45, 7) is 0.887. The zero-order chi connectivity index (χ0) is 17.5. The lowest BCUT2D eigenvalue weighted by atomic mass is 10.1. The first-order valence-corrected chi connectivity index (χ1v) is 8.97. The average molecular weight is 359 g/mol. The summed E-state index contributed by atoms with van der Waals surface area (Å²) in [6, 6.07) is 19.9. The summed E-state index contributed by atoms with van der Waals surface area (Å²) < 4.78 is 11.9. The van der Waals surface area contributed by atoms with Gasteiger partial charge in [0.15, 0.2) is 0 Å². The highest BCUT2D eigenvalue weighted by molar-refractivity contribution is 6.21. The van der Waals surface area contributed by atoms with Gasteiger partial charge in [0.2, 0.25) is 0 Å². The van der Waals surface area contributed by atoms with E-state index in [1.165, 1.54) is 0 Å². The Bertz CT molecular complexity index is 659. The lowest BCUT2D eigenvalue weighted by Gasteiger charge is -2.29. The SMILES string of the molecule is O[C@@H]1CC=C[C@@H](OCc2ccccc2)[C@H](Cl)[C@@H]1OCc1ccccc1. The quantitative estimate of drug-likeness (QED) is 0.624. The molecule has 1 aliphatic carbocycles. The molecule has 0 bridgehead atoms. The Balaban J connectivity index is 1.61.